The second-order valence-electron chi connectivity index (χ2n) is 3.13. The summed E-state index contributed by atoms with van der Waals surface area (Å²) in [5.74, 6) is 1.64. The Morgan fingerprint density at radius 3 is 2.60 bits per heavy atom. The zero-order chi connectivity index (χ0) is 11.5. The summed E-state index contributed by atoms with van der Waals surface area (Å²) in [5, 5.41) is -0.0809. The monoisotopic (exact) mass is 246 g/mol. The number of nitrogens with zero attached hydrogens (tertiary/aromatic N) is 2. The van der Waals surface area contributed by atoms with E-state index < -0.39 is 0 Å². The van der Waals surface area contributed by atoms with E-state index in [9.17, 15) is 4.79 Å². The van der Waals surface area contributed by atoms with E-state index in [0.717, 1.165) is 30.8 Å². The molecule has 0 saturated heterocycles. The first kappa shape index (κ1) is 14.8. The molecule has 0 aliphatic heterocycles. The largest absolute Gasteiger partial charge is 0.361 e. The molecule has 0 saturated carbocycles. The minimum Gasteiger partial charge on any atom is -0.361 e. The molecule has 0 unspecified atom stereocenters. The third-order valence-corrected chi connectivity index (χ3v) is 3.48. The maximum absolute atomic E-state index is 11.5. The van der Waals surface area contributed by atoms with Gasteiger partial charge in [0.25, 0.3) is 5.12 Å². The summed E-state index contributed by atoms with van der Waals surface area (Å²) in [5.41, 5.74) is 8.97. The molecule has 0 aromatic heterocycles. The van der Waals surface area contributed by atoms with Crippen molar-refractivity contribution in [1.29, 1.82) is 0 Å². The lowest BCUT2D eigenvalue weighted by Gasteiger charge is -1.96. The lowest BCUT2D eigenvalue weighted by atomic mass is 10.3. The van der Waals surface area contributed by atoms with Crippen LogP contribution in [-0.4, -0.2) is 33.4 Å². The van der Waals surface area contributed by atoms with Crippen LogP contribution in [0.25, 0.3) is 5.53 Å². The van der Waals surface area contributed by atoms with Crippen LogP contribution in [0.2, 0.25) is 0 Å². The van der Waals surface area contributed by atoms with Gasteiger partial charge in [0.1, 0.15) is 0 Å². The second kappa shape index (κ2) is 10.3. The fourth-order valence-electron chi connectivity index (χ4n) is 0.992. The summed E-state index contributed by atoms with van der Waals surface area (Å²) in [6.07, 6.45) is 5.87. The Morgan fingerprint density at radius 2 is 2.07 bits per heavy atom. The number of hydrogen-bond donors (Lipinski definition) is 0. The molecular weight excluding hydrogens is 228 g/mol. The highest BCUT2D eigenvalue weighted by Gasteiger charge is 2.19. The van der Waals surface area contributed by atoms with Gasteiger partial charge in [0.2, 0.25) is 0 Å². The van der Waals surface area contributed by atoms with Gasteiger partial charge in [-0.05, 0) is 12.7 Å². The quantitative estimate of drug-likeness (QED) is 0.286. The molecule has 86 valence electrons. The minimum atomic E-state index is -0.0809. The molecule has 5 heteroatoms. The van der Waals surface area contributed by atoms with E-state index in [1.165, 1.54) is 11.8 Å². The Bertz CT molecular complexity index is 238. The molecule has 0 spiro atoms. The van der Waals surface area contributed by atoms with Crippen LogP contribution in [0.3, 0.4) is 0 Å². The van der Waals surface area contributed by atoms with Gasteiger partial charge >= 0.3 is 5.71 Å². The Kier molecular flexibility index (Phi) is 10.1. The number of unbranched alkanes of at least 4 members (excludes halogenated alkanes) is 2. The van der Waals surface area contributed by atoms with Crippen molar-refractivity contribution in [3.63, 3.8) is 0 Å². The lowest BCUT2D eigenvalue weighted by Crippen LogP contribution is -2.13. The molecule has 0 atom stereocenters. The molecule has 0 aromatic rings. The molecule has 0 fully saturated rings. The smallest absolute Gasteiger partial charge is 0.346 e. The first-order chi connectivity index (χ1) is 7.26. The third kappa shape index (κ3) is 7.65. The van der Waals surface area contributed by atoms with Crippen LogP contribution in [0.5, 0.6) is 0 Å². The summed E-state index contributed by atoms with van der Waals surface area (Å²) in [6, 6.07) is 0. The van der Waals surface area contributed by atoms with Crippen molar-refractivity contribution in [1.82, 2.24) is 0 Å². The maximum Gasteiger partial charge on any atom is 0.346 e. The van der Waals surface area contributed by atoms with Crippen LogP contribution in [0.1, 0.15) is 32.6 Å². The number of carbonyl (C=O) groups is 1. The third-order valence-electron chi connectivity index (χ3n) is 1.88. The standard InChI is InChI=1S/C10H18N2OS2/c1-3-4-5-7-15-10(13)9(12-11)6-8-14-2/h3-8H2,1-2H3. The van der Waals surface area contributed by atoms with Crippen LogP contribution in [-0.2, 0) is 4.79 Å². The molecule has 0 bridgehead atoms. The highest BCUT2D eigenvalue weighted by Crippen LogP contribution is 2.10. The topological polar surface area (TPSA) is 53.5 Å². The van der Waals surface area contributed by atoms with E-state index >= 15 is 0 Å². The molecule has 0 aliphatic rings. The number of rotatable bonds is 8. The van der Waals surface area contributed by atoms with E-state index in [1.807, 2.05) is 6.26 Å². The van der Waals surface area contributed by atoms with Crippen molar-refractivity contribution < 1.29 is 9.58 Å². The molecule has 0 heterocycles. The summed E-state index contributed by atoms with van der Waals surface area (Å²) < 4.78 is 0. The normalized spacial score (nSPS) is 9.73. The molecule has 0 aliphatic carbocycles. The van der Waals surface area contributed by atoms with Gasteiger partial charge in [0.15, 0.2) is 0 Å². The summed E-state index contributed by atoms with van der Waals surface area (Å²) in [4.78, 5) is 14.6. The molecule has 0 aromatic carbocycles. The lowest BCUT2D eigenvalue weighted by molar-refractivity contribution is -0.109. The fraction of sp³-hybridized carbons (Fsp3) is 0.800. The molecule has 3 nitrogen and oxygen atoms in total. The van der Waals surface area contributed by atoms with E-state index in [2.05, 4.69) is 11.7 Å². The molecule has 0 radical (unpaired) electrons. The van der Waals surface area contributed by atoms with Crippen molar-refractivity contribution in [2.24, 2.45) is 0 Å². The van der Waals surface area contributed by atoms with Gasteiger partial charge in [-0.3, -0.25) is 4.79 Å². The Labute approximate surface area is 100 Å². The van der Waals surface area contributed by atoms with E-state index in [1.54, 1.807) is 11.8 Å². The average molecular weight is 246 g/mol. The van der Waals surface area contributed by atoms with Crippen LogP contribution in [0.15, 0.2) is 0 Å². The molecular formula is C10H18N2OS2. The molecule has 0 amide bonds. The van der Waals surface area contributed by atoms with Gasteiger partial charge in [-0.25, -0.2) is 0 Å². The fourth-order valence-corrected chi connectivity index (χ4v) is 2.23. The van der Waals surface area contributed by atoms with Gasteiger partial charge in [0.05, 0.1) is 6.42 Å². The summed E-state index contributed by atoms with van der Waals surface area (Å²) in [7, 11) is 0. The predicted molar refractivity (Wildman–Crippen MR) is 68.6 cm³/mol. The molecule has 0 N–H and O–H groups in total. The second-order valence-corrected chi connectivity index (χ2v) is 5.19. The van der Waals surface area contributed by atoms with Crippen molar-refractivity contribution in [3.05, 3.63) is 5.53 Å². The highest BCUT2D eigenvalue weighted by molar-refractivity contribution is 8.15. The minimum absolute atomic E-state index is 0.0809. The number of hydrogen-bond acceptors (Lipinski definition) is 3. The first-order valence-corrected chi connectivity index (χ1v) is 7.51. The van der Waals surface area contributed by atoms with Crippen LogP contribution in [0, 0.1) is 0 Å². The van der Waals surface area contributed by atoms with Gasteiger partial charge in [-0.15, -0.1) is 0 Å². The first-order valence-electron chi connectivity index (χ1n) is 5.13. The van der Waals surface area contributed by atoms with Crippen LogP contribution < -0.4 is 0 Å². The highest BCUT2D eigenvalue weighted by atomic mass is 32.2. The van der Waals surface area contributed by atoms with Crippen molar-refractivity contribution in [2.45, 2.75) is 32.6 Å². The SMILES string of the molecule is CCCCCSC(=O)C(CCSC)=[N+]=[N-]. The predicted octanol–water partition coefficient (Wildman–Crippen LogP) is 2.86. The van der Waals surface area contributed by atoms with Gasteiger partial charge in [-0.2, -0.15) is 16.6 Å². The number of thioether (sulfide) groups is 2. The van der Waals surface area contributed by atoms with Gasteiger partial charge in [-0.1, -0.05) is 31.5 Å². The number of carbonyl (C=O) groups excluding carboxylic acids is 1. The van der Waals surface area contributed by atoms with Crippen molar-refractivity contribution in [3.8, 4) is 0 Å². The summed E-state index contributed by atoms with van der Waals surface area (Å²) >= 11 is 2.90. The van der Waals surface area contributed by atoms with E-state index in [-0.39, 0.29) is 5.12 Å². The zero-order valence-corrected chi connectivity index (χ0v) is 11.0. The summed E-state index contributed by atoms with van der Waals surface area (Å²) in [6.45, 7) is 2.13. The average Bonchev–Trinajstić information content (AvgIpc) is 2.25. The van der Waals surface area contributed by atoms with E-state index in [0.29, 0.717) is 12.1 Å². The van der Waals surface area contributed by atoms with Crippen LogP contribution in [0.4, 0.5) is 0 Å². The zero-order valence-electron chi connectivity index (χ0n) is 9.36. The van der Waals surface area contributed by atoms with Gasteiger partial charge in [0, 0.05) is 11.5 Å². The van der Waals surface area contributed by atoms with E-state index in [4.69, 9.17) is 5.53 Å². The Balaban J connectivity index is 3.80. The van der Waals surface area contributed by atoms with Gasteiger partial charge < -0.3 is 5.53 Å². The molecule has 15 heavy (non-hydrogen) atoms. The van der Waals surface area contributed by atoms with Crippen LogP contribution >= 0.6 is 23.5 Å². The molecule has 0 rings (SSSR count). The van der Waals surface area contributed by atoms with Crippen molar-refractivity contribution >= 4 is 34.4 Å². The van der Waals surface area contributed by atoms with Crippen molar-refractivity contribution in [2.75, 3.05) is 17.8 Å². The maximum atomic E-state index is 11.5. The Morgan fingerprint density at radius 1 is 1.33 bits per heavy atom. The Hall–Kier alpha value is -0.250.